The van der Waals surface area contributed by atoms with E-state index in [9.17, 15) is 4.79 Å². The maximum atomic E-state index is 11.9. The third-order valence-corrected chi connectivity index (χ3v) is 5.00. The van der Waals surface area contributed by atoms with Crippen molar-refractivity contribution in [3.8, 4) is 5.75 Å². The van der Waals surface area contributed by atoms with E-state index < -0.39 is 0 Å². The van der Waals surface area contributed by atoms with Crippen LogP contribution in [0.2, 0.25) is 0 Å². The molecule has 1 aromatic heterocycles. The SMILES string of the molecule is C=NN1C=C(c2cnn(C)c2)C=C(OC)C1=C(C)c1ccc(NC(=O)NCC)c(OC)c1. The van der Waals surface area contributed by atoms with Gasteiger partial charge in [0.05, 0.1) is 26.1 Å². The Labute approximate surface area is 187 Å². The summed E-state index contributed by atoms with van der Waals surface area (Å²) in [5.41, 5.74) is 4.95. The molecule has 0 aliphatic carbocycles. The Balaban J connectivity index is 2.02. The fraction of sp³-hybridized carbons (Fsp3) is 0.261. The minimum absolute atomic E-state index is 0.291. The molecule has 0 unspecified atom stereocenters. The molecule has 2 amide bonds. The van der Waals surface area contributed by atoms with Crippen LogP contribution >= 0.6 is 0 Å². The Morgan fingerprint density at radius 1 is 1.28 bits per heavy atom. The lowest BCUT2D eigenvalue weighted by Crippen LogP contribution is -2.28. The van der Waals surface area contributed by atoms with Crippen LogP contribution in [0.25, 0.3) is 11.1 Å². The van der Waals surface area contributed by atoms with Crippen molar-refractivity contribution in [1.29, 1.82) is 0 Å². The summed E-state index contributed by atoms with van der Waals surface area (Å²) in [4.78, 5) is 11.9. The fourth-order valence-corrected chi connectivity index (χ4v) is 3.40. The van der Waals surface area contributed by atoms with Crippen molar-refractivity contribution in [3.05, 3.63) is 65.5 Å². The molecule has 0 saturated heterocycles. The molecule has 1 aromatic carbocycles. The molecular formula is C23H28N6O3. The quantitative estimate of drug-likeness (QED) is 0.644. The zero-order valence-corrected chi connectivity index (χ0v) is 19.0. The Kier molecular flexibility index (Phi) is 6.99. The fourth-order valence-electron chi connectivity index (χ4n) is 3.40. The number of ether oxygens (including phenoxy) is 2. The van der Waals surface area contributed by atoms with Gasteiger partial charge in [0.1, 0.15) is 17.2 Å². The lowest BCUT2D eigenvalue weighted by molar-refractivity contribution is 0.252. The minimum Gasteiger partial charge on any atom is -0.495 e. The molecule has 168 valence electrons. The van der Waals surface area contributed by atoms with E-state index in [1.807, 2.05) is 51.5 Å². The number of nitrogens with zero attached hydrogens (tertiary/aromatic N) is 4. The van der Waals surface area contributed by atoms with E-state index in [1.54, 1.807) is 36.2 Å². The number of carbonyl (C=O) groups excluding carboxylic acids is 1. The summed E-state index contributed by atoms with van der Waals surface area (Å²) >= 11 is 0. The highest BCUT2D eigenvalue weighted by atomic mass is 16.5. The molecular weight excluding hydrogens is 408 g/mol. The molecule has 9 nitrogen and oxygen atoms in total. The number of carbonyl (C=O) groups is 1. The topological polar surface area (TPSA) is 93.0 Å². The van der Waals surface area contributed by atoms with Gasteiger partial charge in [0.25, 0.3) is 0 Å². The Bertz CT molecular complexity index is 1110. The number of nitrogens with one attached hydrogen (secondary N) is 2. The van der Waals surface area contributed by atoms with E-state index in [1.165, 1.54) is 0 Å². The molecule has 32 heavy (non-hydrogen) atoms. The first-order chi connectivity index (χ1) is 15.4. The number of hydrazone groups is 1. The molecule has 2 aromatic rings. The first-order valence-electron chi connectivity index (χ1n) is 10.1. The molecule has 0 saturated carbocycles. The number of allylic oxidation sites excluding steroid dienone is 3. The number of methoxy groups -OCH3 is 2. The number of benzene rings is 1. The van der Waals surface area contributed by atoms with Crippen molar-refractivity contribution >= 4 is 29.6 Å². The second kappa shape index (κ2) is 9.86. The van der Waals surface area contributed by atoms with Crippen molar-refractivity contribution in [2.24, 2.45) is 12.1 Å². The summed E-state index contributed by atoms with van der Waals surface area (Å²) < 4.78 is 12.9. The maximum Gasteiger partial charge on any atom is 0.319 e. The zero-order chi connectivity index (χ0) is 23.3. The van der Waals surface area contributed by atoms with Gasteiger partial charge in [-0.1, -0.05) is 6.07 Å². The van der Waals surface area contributed by atoms with Crippen LogP contribution in [0.4, 0.5) is 10.5 Å². The van der Waals surface area contributed by atoms with E-state index in [0.717, 1.165) is 28.0 Å². The van der Waals surface area contributed by atoms with Crippen molar-refractivity contribution in [2.75, 3.05) is 26.1 Å². The van der Waals surface area contributed by atoms with Crippen molar-refractivity contribution in [1.82, 2.24) is 20.1 Å². The molecule has 0 atom stereocenters. The zero-order valence-electron chi connectivity index (χ0n) is 19.0. The number of rotatable bonds is 7. The number of aromatic nitrogens is 2. The monoisotopic (exact) mass is 436 g/mol. The summed E-state index contributed by atoms with van der Waals surface area (Å²) in [6.07, 6.45) is 7.53. The van der Waals surface area contributed by atoms with Gasteiger partial charge in [0, 0.05) is 43.8 Å². The number of amides is 2. The highest BCUT2D eigenvalue weighted by Crippen LogP contribution is 2.36. The second-order valence-corrected chi connectivity index (χ2v) is 7.06. The van der Waals surface area contributed by atoms with Gasteiger partial charge in [-0.2, -0.15) is 10.2 Å². The summed E-state index contributed by atoms with van der Waals surface area (Å²) in [6.45, 7) is 8.08. The van der Waals surface area contributed by atoms with Gasteiger partial charge in [0.15, 0.2) is 0 Å². The molecule has 0 radical (unpaired) electrons. The van der Waals surface area contributed by atoms with Crippen LogP contribution < -0.4 is 15.4 Å². The molecule has 0 bridgehead atoms. The highest BCUT2D eigenvalue weighted by Gasteiger charge is 2.23. The first-order valence-corrected chi connectivity index (χ1v) is 10.1. The molecule has 0 fully saturated rings. The smallest absolute Gasteiger partial charge is 0.319 e. The third kappa shape index (κ3) is 4.66. The molecule has 2 heterocycles. The lowest BCUT2D eigenvalue weighted by Gasteiger charge is -2.27. The first kappa shape index (κ1) is 22.7. The second-order valence-electron chi connectivity index (χ2n) is 7.06. The number of anilines is 1. The van der Waals surface area contributed by atoms with Gasteiger partial charge in [0.2, 0.25) is 0 Å². The van der Waals surface area contributed by atoms with Gasteiger partial charge >= 0.3 is 6.03 Å². The summed E-state index contributed by atoms with van der Waals surface area (Å²) in [7, 11) is 5.04. The highest BCUT2D eigenvalue weighted by molar-refractivity contribution is 5.91. The largest absolute Gasteiger partial charge is 0.495 e. The van der Waals surface area contributed by atoms with Crippen molar-refractivity contribution in [2.45, 2.75) is 13.8 Å². The predicted octanol–water partition coefficient (Wildman–Crippen LogP) is 3.80. The molecule has 9 heteroatoms. The average molecular weight is 437 g/mol. The molecule has 1 aliphatic rings. The van der Waals surface area contributed by atoms with Crippen LogP contribution in [0.15, 0.2) is 59.4 Å². The molecule has 1 aliphatic heterocycles. The van der Waals surface area contributed by atoms with Crippen LogP contribution in [0.3, 0.4) is 0 Å². The minimum atomic E-state index is -0.291. The van der Waals surface area contributed by atoms with Crippen LogP contribution in [0.5, 0.6) is 5.75 Å². The van der Waals surface area contributed by atoms with E-state index in [2.05, 4.69) is 27.6 Å². The van der Waals surface area contributed by atoms with Crippen molar-refractivity contribution in [3.63, 3.8) is 0 Å². The van der Waals surface area contributed by atoms with E-state index in [0.29, 0.717) is 23.7 Å². The van der Waals surface area contributed by atoms with Gasteiger partial charge in [-0.05, 0) is 43.2 Å². The third-order valence-electron chi connectivity index (χ3n) is 5.00. The summed E-state index contributed by atoms with van der Waals surface area (Å²) in [5, 5.41) is 15.6. The Morgan fingerprint density at radius 3 is 2.66 bits per heavy atom. The van der Waals surface area contributed by atoms with E-state index in [-0.39, 0.29) is 6.03 Å². The number of aryl methyl sites for hydroxylation is 1. The average Bonchev–Trinajstić information content (AvgIpc) is 3.24. The predicted molar refractivity (Wildman–Crippen MR) is 126 cm³/mol. The van der Waals surface area contributed by atoms with E-state index >= 15 is 0 Å². The maximum absolute atomic E-state index is 11.9. The normalized spacial score (nSPS) is 14.8. The van der Waals surface area contributed by atoms with Crippen LogP contribution in [0.1, 0.15) is 25.0 Å². The lowest BCUT2D eigenvalue weighted by atomic mass is 9.99. The van der Waals surface area contributed by atoms with Gasteiger partial charge < -0.3 is 20.1 Å². The summed E-state index contributed by atoms with van der Waals surface area (Å²) in [5.74, 6) is 1.18. The van der Waals surface area contributed by atoms with Gasteiger partial charge in [-0.15, -0.1) is 0 Å². The number of hydrogen-bond donors (Lipinski definition) is 2. The molecule has 3 rings (SSSR count). The Morgan fingerprint density at radius 2 is 2.06 bits per heavy atom. The van der Waals surface area contributed by atoms with Gasteiger partial charge in [-0.25, -0.2) is 9.80 Å². The van der Waals surface area contributed by atoms with Crippen LogP contribution in [-0.4, -0.2) is 48.3 Å². The van der Waals surface area contributed by atoms with Crippen molar-refractivity contribution < 1.29 is 14.3 Å². The Hall–Kier alpha value is -4.01. The summed E-state index contributed by atoms with van der Waals surface area (Å²) in [6, 6.07) is 5.27. The van der Waals surface area contributed by atoms with E-state index in [4.69, 9.17) is 9.47 Å². The van der Waals surface area contributed by atoms with Gasteiger partial charge in [-0.3, -0.25) is 4.68 Å². The molecule has 0 spiro atoms. The van der Waals surface area contributed by atoms with Crippen LogP contribution in [0, 0.1) is 0 Å². The number of urea groups is 1. The standard InChI is InChI=1S/C23H28N6O3/c1-7-25-23(30)27-19-9-8-16(10-20(19)31-5)15(2)22-21(32-6)11-17(14-29(22)24-3)18-12-26-28(4)13-18/h8-14H,3,7H2,1-2,4-6H3,(H2,25,27,30). The number of hydrogen-bond acceptors (Lipinski definition) is 6. The van der Waals surface area contributed by atoms with Crippen LogP contribution in [-0.2, 0) is 11.8 Å². The molecule has 2 N–H and O–H groups in total.